The number of sulfonamides is 1. The number of para-hydroxylation sites is 1. The predicted molar refractivity (Wildman–Crippen MR) is 128 cm³/mol. The third kappa shape index (κ3) is 3.61. The third-order valence-corrected chi connectivity index (χ3v) is 8.91. The Hall–Kier alpha value is -2.47. The van der Waals surface area contributed by atoms with E-state index in [0.717, 1.165) is 10.4 Å². The number of hydrogen-bond acceptors (Lipinski definition) is 8. The van der Waals surface area contributed by atoms with Crippen LogP contribution in [-0.4, -0.2) is 29.6 Å². The van der Waals surface area contributed by atoms with Gasteiger partial charge < -0.3 is 5.32 Å². The van der Waals surface area contributed by atoms with E-state index < -0.39 is 10.0 Å². The van der Waals surface area contributed by atoms with Gasteiger partial charge in [0.05, 0.1) is 16.8 Å². The van der Waals surface area contributed by atoms with Gasteiger partial charge in [-0.3, -0.25) is 9.36 Å². The number of thiophene rings is 2. The van der Waals surface area contributed by atoms with Crippen LogP contribution < -0.4 is 10.9 Å². The normalized spacial score (nSPS) is 14.8. The molecule has 4 aromatic rings. The summed E-state index contributed by atoms with van der Waals surface area (Å²) in [5, 5.41) is 8.20. The fourth-order valence-electron chi connectivity index (χ4n) is 3.37. The van der Waals surface area contributed by atoms with Crippen LogP contribution in [0.2, 0.25) is 0 Å². The van der Waals surface area contributed by atoms with Gasteiger partial charge in [0.15, 0.2) is 5.16 Å². The van der Waals surface area contributed by atoms with Crippen LogP contribution in [0.15, 0.2) is 66.4 Å². The molecule has 0 aliphatic carbocycles. The number of rotatable bonds is 5. The molecule has 0 fully saturated rings. The van der Waals surface area contributed by atoms with Gasteiger partial charge in [0.25, 0.3) is 15.6 Å². The molecule has 0 bridgehead atoms. The Morgan fingerprint density at radius 3 is 2.77 bits per heavy atom. The van der Waals surface area contributed by atoms with Gasteiger partial charge in [0.1, 0.15) is 15.6 Å². The van der Waals surface area contributed by atoms with Crippen LogP contribution in [0.25, 0.3) is 20.7 Å². The fraction of sp³-hybridized carbons (Fsp3) is 0.150. The zero-order valence-corrected chi connectivity index (χ0v) is 19.5. The quantitative estimate of drug-likeness (QED) is 0.328. The number of anilines is 1. The summed E-state index contributed by atoms with van der Waals surface area (Å²) in [6, 6.07) is 10.6. The van der Waals surface area contributed by atoms with Crippen molar-refractivity contribution in [3.63, 3.8) is 0 Å². The number of fused-ring (bicyclic) bond motifs is 2. The summed E-state index contributed by atoms with van der Waals surface area (Å²) >= 11 is 4.32. The van der Waals surface area contributed by atoms with Crippen molar-refractivity contribution >= 4 is 66.2 Å². The first-order valence-electron chi connectivity index (χ1n) is 9.36. The highest BCUT2D eigenvalue weighted by Crippen LogP contribution is 2.35. The minimum atomic E-state index is -3.75. The van der Waals surface area contributed by atoms with Crippen LogP contribution in [0, 0.1) is 0 Å². The number of thioether (sulfide) groups is 1. The van der Waals surface area contributed by atoms with Crippen molar-refractivity contribution in [2.24, 2.45) is 4.40 Å². The smallest absolute Gasteiger partial charge is 0.286 e. The van der Waals surface area contributed by atoms with Crippen LogP contribution >= 0.6 is 34.4 Å². The molecule has 1 aliphatic heterocycles. The molecular formula is C20H16N4O3S4. The maximum absolute atomic E-state index is 13.3. The number of nitrogens with one attached hydrogen (secondary N) is 1. The standard InChI is InChI=1S/C20H16N4O3S4/c1-2-24-19(25)17-12(14-7-5-9-28-14)10-29-18(17)22-20(24)30-11-16-21-13-6-3-4-8-15(13)31(26,27)23-16/h3-10H,2,11H2,1H3,(H,21,23). The lowest BCUT2D eigenvalue weighted by atomic mass is 10.2. The van der Waals surface area contributed by atoms with Crippen LogP contribution in [0.3, 0.4) is 0 Å². The van der Waals surface area contributed by atoms with Crippen LogP contribution in [0.4, 0.5) is 5.69 Å². The van der Waals surface area contributed by atoms with E-state index in [2.05, 4.69) is 9.71 Å². The summed E-state index contributed by atoms with van der Waals surface area (Å²) in [5.74, 6) is 0.556. The third-order valence-electron chi connectivity index (χ3n) is 4.77. The lowest BCUT2D eigenvalue weighted by Crippen LogP contribution is -2.25. The Labute approximate surface area is 190 Å². The average Bonchev–Trinajstić information content (AvgIpc) is 3.41. The first-order chi connectivity index (χ1) is 15.0. The van der Waals surface area contributed by atoms with Gasteiger partial charge in [-0.1, -0.05) is 30.0 Å². The van der Waals surface area contributed by atoms with Crippen molar-refractivity contribution < 1.29 is 8.42 Å². The molecule has 7 nitrogen and oxygen atoms in total. The van der Waals surface area contributed by atoms with E-state index in [9.17, 15) is 13.2 Å². The van der Waals surface area contributed by atoms with E-state index in [4.69, 9.17) is 4.98 Å². The molecule has 0 radical (unpaired) electrons. The van der Waals surface area contributed by atoms with Gasteiger partial charge in [-0.25, -0.2) is 4.98 Å². The maximum atomic E-state index is 13.3. The van der Waals surface area contributed by atoms with Crippen LogP contribution in [0.5, 0.6) is 0 Å². The lowest BCUT2D eigenvalue weighted by molar-refractivity contribution is 0.598. The molecule has 0 amide bonds. The second-order valence-corrected chi connectivity index (χ2v) is 11.0. The molecule has 0 saturated carbocycles. The highest BCUT2D eigenvalue weighted by Gasteiger charge is 2.25. The number of nitrogens with zero attached hydrogens (tertiary/aromatic N) is 3. The average molecular weight is 489 g/mol. The van der Waals surface area contributed by atoms with E-state index in [-0.39, 0.29) is 16.2 Å². The Morgan fingerprint density at radius 2 is 2.00 bits per heavy atom. The van der Waals surface area contributed by atoms with Gasteiger partial charge in [-0.2, -0.15) is 8.42 Å². The second kappa shape index (κ2) is 7.90. The van der Waals surface area contributed by atoms with E-state index in [0.29, 0.717) is 33.4 Å². The number of benzene rings is 1. The molecule has 158 valence electrons. The molecule has 0 spiro atoms. The summed E-state index contributed by atoms with van der Waals surface area (Å²) in [6.07, 6.45) is 0. The van der Waals surface area contributed by atoms with Crippen LogP contribution in [-0.2, 0) is 16.6 Å². The minimum absolute atomic E-state index is 0.0869. The van der Waals surface area contributed by atoms with Crippen LogP contribution in [0.1, 0.15) is 6.92 Å². The van der Waals surface area contributed by atoms with Crippen molar-refractivity contribution in [2.75, 3.05) is 11.1 Å². The summed E-state index contributed by atoms with van der Waals surface area (Å²) in [5.41, 5.74) is 1.33. The molecule has 1 N–H and O–H groups in total. The molecule has 0 unspecified atom stereocenters. The number of amidine groups is 1. The van der Waals surface area contributed by atoms with Crippen molar-refractivity contribution in [3.8, 4) is 10.4 Å². The molecule has 31 heavy (non-hydrogen) atoms. The molecule has 1 aromatic carbocycles. The summed E-state index contributed by atoms with van der Waals surface area (Å²) in [6.45, 7) is 2.36. The van der Waals surface area contributed by atoms with Gasteiger partial charge in [-0.15, -0.1) is 27.1 Å². The SMILES string of the molecule is CCn1c(SCC2=NS(=O)(=O)c3ccccc3N2)nc2scc(-c3cccs3)c2c1=O. The maximum Gasteiger partial charge on any atom is 0.286 e. The van der Waals surface area contributed by atoms with Crippen molar-refractivity contribution in [3.05, 3.63) is 57.5 Å². The summed E-state index contributed by atoms with van der Waals surface area (Å²) in [7, 11) is -3.75. The van der Waals surface area contributed by atoms with Gasteiger partial charge >= 0.3 is 0 Å². The van der Waals surface area contributed by atoms with E-state index in [1.807, 2.05) is 29.8 Å². The zero-order chi connectivity index (χ0) is 21.6. The predicted octanol–water partition coefficient (Wildman–Crippen LogP) is 4.51. The Kier molecular flexibility index (Phi) is 5.21. The Morgan fingerprint density at radius 1 is 1.16 bits per heavy atom. The van der Waals surface area contributed by atoms with Gasteiger partial charge in [0, 0.05) is 22.4 Å². The zero-order valence-electron chi connectivity index (χ0n) is 16.2. The molecule has 5 rings (SSSR count). The first-order valence-corrected chi connectivity index (χ1v) is 13.5. The Bertz CT molecular complexity index is 1480. The number of aromatic nitrogens is 2. The molecule has 0 saturated heterocycles. The van der Waals surface area contributed by atoms with Crippen molar-refractivity contribution in [2.45, 2.75) is 23.5 Å². The Balaban J connectivity index is 1.49. The molecule has 3 aromatic heterocycles. The van der Waals surface area contributed by atoms with Crippen molar-refractivity contribution in [1.29, 1.82) is 0 Å². The first kappa shape index (κ1) is 20.4. The van der Waals surface area contributed by atoms with Gasteiger partial charge in [-0.05, 0) is 30.5 Å². The van der Waals surface area contributed by atoms with E-state index >= 15 is 0 Å². The van der Waals surface area contributed by atoms with E-state index in [1.54, 1.807) is 34.1 Å². The topological polar surface area (TPSA) is 93.4 Å². The molecule has 0 atom stereocenters. The molecular weight excluding hydrogens is 473 g/mol. The lowest BCUT2D eigenvalue weighted by Gasteiger charge is -2.18. The highest BCUT2D eigenvalue weighted by atomic mass is 32.2. The molecule has 4 heterocycles. The molecule has 11 heteroatoms. The highest BCUT2D eigenvalue weighted by molar-refractivity contribution is 8.00. The monoisotopic (exact) mass is 488 g/mol. The summed E-state index contributed by atoms with van der Waals surface area (Å²) in [4.78, 5) is 19.9. The molecule has 1 aliphatic rings. The van der Waals surface area contributed by atoms with Crippen molar-refractivity contribution in [1.82, 2.24) is 9.55 Å². The minimum Gasteiger partial charge on any atom is -0.341 e. The number of hydrogen-bond donors (Lipinski definition) is 1. The van der Waals surface area contributed by atoms with Gasteiger partial charge in [0.2, 0.25) is 0 Å². The second-order valence-electron chi connectivity index (χ2n) is 6.67. The van der Waals surface area contributed by atoms with E-state index in [1.165, 1.54) is 29.2 Å². The summed E-state index contributed by atoms with van der Waals surface area (Å²) < 4.78 is 30.4. The fourth-order valence-corrected chi connectivity index (χ4v) is 7.33. The largest absolute Gasteiger partial charge is 0.341 e.